The van der Waals surface area contributed by atoms with E-state index in [1.54, 1.807) is 6.08 Å². The third-order valence-corrected chi connectivity index (χ3v) is 5.74. The zero-order chi connectivity index (χ0) is 18.7. The van der Waals surface area contributed by atoms with Crippen molar-refractivity contribution in [1.29, 1.82) is 0 Å². The minimum Gasteiger partial charge on any atom is -0.467 e. The molecule has 7 nitrogen and oxygen atoms in total. The molecule has 1 saturated heterocycles. The normalized spacial score (nSPS) is 16.7. The van der Waals surface area contributed by atoms with Crippen LogP contribution < -0.4 is 15.0 Å². The maximum Gasteiger partial charge on any atom is 0.324 e. The highest BCUT2D eigenvalue weighted by Crippen LogP contribution is 2.33. The van der Waals surface area contributed by atoms with Gasteiger partial charge < -0.3 is 19.5 Å². The number of anilines is 2. The molecule has 1 atom stereocenters. The van der Waals surface area contributed by atoms with Gasteiger partial charge in [-0.05, 0) is 31.8 Å². The summed E-state index contributed by atoms with van der Waals surface area (Å²) in [5.41, 5.74) is 0.840. The van der Waals surface area contributed by atoms with Crippen LogP contribution in [0.2, 0.25) is 0 Å². The van der Waals surface area contributed by atoms with Crippen LogP contribution in [0.1, 0.15) is 51.0 Å². The van der Waals surface area contributed by atoms with Gasteiger partial charge in [0.25, 0.3) is 5.19 Å². The molecule has 1 unspecified atom stereocenters. The molecule has 0 radical (unpaired) electrons. The Bertz CT molecular complexity index is 734. The van der Waals surface area contributed by atoms with Gasteiger partial charge in [-0.2, -0.15) is 4.98 Å². The summed E-state index contributed by atoms with van der Waals surface area (Å²) in [5.74, 6) is 1.52. The van der Waals surface area contributed by atoms with E-state index in [2.05, 4.69) is 52.7 Å². The van der Waals surface area contributed by atoms with E-state index in [1.165, 1.54) is 11.3 Å². The van der Waals surface area contributed by atoms with Crippen molar-refractivity contribution in [2.75, 3.05) is 30.4 Å². The molecule has 142 valence electrons. The van der Waals surface area contributed by atoms with Gasteiger partial charge in [0.2, 0.25) is 0 Å². The van der Waals surface area contributed by atoms with Crippen molar-refractivity contribution in [3.05, 3.63) is 18.1 Å². The Balaban J connectivity index is 1.55. The van der Waals surface area contributed by atoms with E-state index in [-0.39, 0.29) is 12.0 Å². The number of hydrogen-bond acceptors (Lipinski definition) is 8. The second-order valence-electron chi connectivity index (χ2n) is 6.89. The number of thiazole rings is 1. The largest absolute Gasteiger partial charge is 0.467 e. The molecular weight excluding hydrogens is 350 g/mol. The van der Waals surface area contributed by atoms with E-state index in [4.69, 9.17) is 9.26 Å². The first-order valence-electron chi connectivity index (χ1n) is 9.08. The zero-order valence-corrected chi connectivity index (χ0v) is 16.7. The van der Waals surface area contributed by atoms with Crippen molar-refractivity contribution in [1.82, 2.24) is 15.1 Å². The minimum atomic E-state index is 0.111. The van der Waals surface area contributed by atoms with Gasteiger partial charge in [0, 0.05) is 26.1 Å². The van der Waals surface area contributed by atoms with Crippen molar-refractivity contribution >= 4 is 28.4 Å². The van der Waals surface area contributed by atoms with Gasteiger partial charge in [-0.3, -0.25) is 0 Å². The van der Waals surface area contributed by atoms with Crippen LogP contribution in [0.25, 0.3) is 6.08 Å². The minimum absolute atomic E-state index is 0.111. The summed E-state index contributed by atoms with van der Waals surface area (Å²) < 4.78 is 11.5. The second-order valence-corrected chi connectivity index (χ2v) is 7.85. The van der Waals surface area contributed by atoms with Crippen LogP contribution in [0.3, 0.4) is 0 Å². The van der Waals surface area contributed by atoms with Crippen molar-refractivity contribution < 1.29 is 9.26 Å². The fourth-order valence-corrected chi connectivity index (χ4v) is 3.94. The molecule has 0 amide bonds. The molecule has 26 heavy (non-hydrogen) atoms. The topological polar surface area (TPSA) is 76.3 Å². The summed E-state index contributed by atoms with van der Waals surface area (Å²) in [5, 5.41) is 8.86. The molecule has 2 aromatic heterocycles. The van der Waals surface area contributed by atoms with Crippen LogP contribution in [0.15, 0.2) is 11.1 Å². The van der Waals surface area contributed by atoms with E-state index in [1.807, 2.05) is 7.05 Å². The number of nitrogens with zero attached hydrogens (tertiary/aromatic N) is 4. The van der Waals surface area contributed by atoms with Gasteiger partial charge in [0.05, 0.1) is 0 Å². The first-order chi connectivity index (χ1) is 12.5. The number of rotatable bonds is 7. The first-order valence-corrected chi connectivity index (χ1v) is 9.89. The van der Waals surface area contributed by atoms with E-state index < -0.39 is 0 Å². The molecule has 1 fully saturated rings. The highest BCUT2D eigenvalue weighted by Gasteiger charge is 2.28. The summed E-state index contributed by atoms with van der Waals surface area (Å²) in [6.45, 7) is 11.8. The van der Waals surface area contributed by atoms with Crippen LogP contribution in [-0.4, -0.2) is 41.4 Å². The first kappa shape index (κ1) is 18.7. The van der Waals surface area contributed by atoms with Crippen LogP contribution in [0, 0.1) is 5.92 Å². The Morgan fingerprint density at radius 2 is 2.04 bits per heavy atom. The number of hydrogen-bond donors (Lipinski definition) is 1. The molecule has 1 N–H and O–H groups in total. The van der Waals surface area contributed by atoms with Crippen LogP contribution in [-0.2, 0) is 0 Å². The highest BCUT2D eigenvalue weighted by molar-refractivity contribution is 7.17. The average molecular weight is 378 g/mol. The van der Waals surface area contributed by atoms with Gasteiger partial charge >= 0.3 is 6.01 Å². The van der Waals surface area contributed by atoms with Gasteiger partial charge in [0.1, 0.15) is 16.8 Å². The molecule has 1 aliphatic rings. The number of piperidine rings is 1. The summed E-state index contributed by atoms with van der Waals surface area (Å²) in [4.78, 5) is 11.1. The number of aromatic nitrogens is 3. The van der Waals surface area contributed by atoms with Gasteiger partial charge in [-0.1, -0.05) is 36.9 Å². The highest BCUT2D eigenvalue weighted by atomic mass is 32.1. The molecule has 3 rings (SSSR count). The lowest BCUT2D eigenvalue weighted by Crippen LogP contribution is -2.38. The number of ether oxygens (including phenoxy) is 1. The smallest absolute Gasteiger partial charge is 0.324 e. The Labute approximate surface area is 158 Å². The van der Waals surface area contributed by atoms with E-state index >= 15 is 0 Å². The Kier molecular flexibility index (Phi) is 5.80. The molecule has 0 saturated carbocycles. The van der Waals surface area contributed by atoms with Crippen molar-refractivity contribution in [3.8, 4) is 5.19 Å². The van der Waals surface area contributed by atoms with Gasteiger partial charge in [0.15, 0.2) is 5.82 Å². The van der Waals surface area contributed by atoms with Gasteiger partial charge in [-0.25, -0.2) is 4.98 Å². The lowest BCUT2D eigenvalue weighted by molar-refractivity contribution is 0.131. The summed E-state index contributed by atoms with van der Waals surface area (Å²) in [6, 6.07) is 0.634. The second kappa shape index (κ2) is 8.07. The summed E-state index contributed by atoms with van der Waals surface area (Å²) in [7, 11) is 1.88. The third kappa shape index (κ3) is 4.00. The van der Waals surface area contributed by atoms with Crippen LogP contribution in [0.4, 0.5) is 11.0 Å². The van der Waals surface area contributed by atoms with Crippen molar-refractivity contribution in [2.24, 2.45) is 5.92 Å². The van der Waals surface area contributed by atoms with E-state index in [0.717, 1.165) is 42.5 Å². The molecule has 3 heterocycles. The molecular formula is C18H27N5O2S. The SMILES string of the molecule is C=Cc1nc(OC(C)C2CCN(c3nc(C(C)C)no3)CC2)sc1NC. The molecule has 1 aliphatic heterocycles. The maximum atomic E-state index is 6.11. The number of nitrogens with one attached hydrogen (secondary N) is 1. The average Bonchev–Trinajstić information content (AvgIpc) is 3.28. The van der Waals surface area contributed by atoms with E-state index in [0.29, 0.717) is 17.1 Å². The quantitative estimate of drug-likeness (QED) is 0.781. The molecule has 0 spiro atoms. The third-order valence-electron chi connectivity index (χ3n) is 4.76. The Morgan fingerprint density at radius 1 is 1.31 bits per heavy atom. The lowest BCUT2D eigenvalue weighted by atomic mass is 9.92. The van der Waals surface area contributed by atoms with E-state index in [9.17, 15) is 0 Å². The fraction of sp³-hybridized carbons (Fsp3) is 0.611. The predicted molar refractivity (Wildman–Crippen MR) is 105 cm³/mol. The van der Waals surface area contributed by atoms with Crippen molar-refractivity contribution in [3.63, 3.8) is 0 Å². The summed E-state index contributed by atoms with van der Waals surface area (Å²) in [6.07, 6.45) is 3.91. The molecule has 0 aliphatic carbocycles. The maximum absolute atomic E-state index is 6.11. The monoisotopic (exact) mass is 377 g/mol. The Morgan fingerprint density at radius 3 is 2.58 bits per heavy atom. The van der Waals surface area contributed by atoms with Crippen LogP contribution in [0.5, 0.6) is 5.19 Å². The van der Waals surface area contributed by atoms with Crippen molar-refractivity contribution in [2.45, 2.75) is 45.6 Å². The summed E-state index contributed by atoms with van der Waals surface area (Å²) >= 11 is 1.52. The predicted octanol–water partition coefficient (Wildman–Crippen LogP) is 4.02. The standard InChI is InChI=1S/C18H27N5O2S/c1-6-14-16(19-5)26-18(20-14)24-12(4)13-7-9-23(10-8-13)17-21-15(11(2)3)22-25-17/h6,11-13,19H,1,7-10H2,2-5H3. The Hall–Kier alpha value is -2.09. The molecule has 8 heteroatoms. The lowest BCUT2D eigenvalue weighted by Gasteiger charge is -2.33. The fourth-order valence-electron chi connectivity index (χ4n) is 3.08. The molecule has 0 aromatic carbocycles. The van der Waals surface area contributed by atoms with Crippen LogP contribution >= 0.6 is 11.3 Å². The zero-order valence-electron chi connectivity index (χ0n) is 15.9. The molecule has 0 bridgehead atoms. The molecule has 2 aromatic rings. The van der Waals surface area contributed by atoms with Gasteiger partial charge in [-0.15, -0.1) is 0 Å².